The largest absolute Gasteiger partial charge is 0.481 e. The molecule has 0 aliphatic carbocycles. The number of hydrogen-bond acceptors (Lipinski definition) is 4. The second-order valence-corrected chi connectivity index (χ2v) is 7.74. The Bertz CT molecular complexity index is 576. The molecule has 1 aromatic carbocycles. The van der Waals surface area contributed by atoms with Crippen molar-refractivity contribution >= 4 is 46.9 Å². The summed E-state index contributed by atoms with van der Waals surface area (Å²) in [6.45, 7) is 0. The average molecular weight is 409 g/mol. The molecule has 1 atom stereocenters. The van der Waals surface area contributed by atoms with Crippen LogP contribution < -0.4 is 0 Å². The topological polar surface area (TPSA) is 94.8 Å². The highest BCUT2D eigenvalue weighted by Gasteiger charge is 2.38. The Labute approximate surface area is 161 Å². The third kappa shape index (κ3) is 7.86. The van der Waals surface area contributed by atoms with Gasteiger partial charge in [-0.25, -0.2) is 4.79 Å². The number of hydrogen-bond donors (Lipinski definition) is 3. The summed E-state index contributed by atoms with van der Waals surface area (Å²) in [5, 5.41) is 28.8. The molecule has 0 amide bonds. The van der Waals surface area contributed by atoms with E-state index in [0.29, 0.717) is 15.8 Å². The molecule has 0 aliphatic heterocycles. The highest BCUT2D eigenvalue weighted by molar-refractivity contribution is 7.99. The summed E-state index contributed by atoms with van der Waals surface area (Å²) >= 11 is 13.5. The Morgan fingerprint density at radius 3 is 2.20 bits per heavy atom. The van der Waals surface area contributed by atoms with E-state index in [9.17, 15) is 14.7 Å². The smallest absolute Gasteiger partial charge is 0.337 e. The van der Waals surface area contributed by atoms with E-state index in [1.165, 1.54) is 11.8 Å². The maximum Gasteiger partial charge on any atom is 0.337 e. The number of benzene rings is 1. The molecule has 0 heterocycles. The summed E-state index contributed by atoms with van der Waals surface area (Å²) in [6.07, 6.45) is 3.77. The van der Waals surface area contributed by atoms with Gasteiger partial charge in [-0.05, 0) is 42.7 Å². The minimum atomic E-state index is -2.21. The van der Waals surface area contributed by atoms with Gasteiger partial charge in [0, 0.05) is 15.8 Å². The van der Waals surface area contributed by atoms with Gasteiger partial charge >= 0.3 is 11.9 Å². The van der Waals surface area contributed by atoms with Gasteiger partial charge in [0.25, 0.3) is 0 Å². The molecule has 8 heteroatoms. The lowest BCUT2D eigenvalue weighted by Crippen LogP contribution is -2.43. The zero-order valence-electron chi connectivity index (χ0n) is 13.7. The summed E-state index contributed by atoms with van der Waals surface area (Å²) < 4.78 is 0. The van der Waals surface area contributed by atoms with Gasteiger partial charge in [0.1, 0.15) is 0 Å². The van der Waals surface area contributed by atoms with E-state index >= 15 is 0 Å². The minimum absolute atomic E-state index is 0.135. The van der Waals surface area contributed by atoms with Gasteiger partial charge in [-0.2, -0.15) is 11.8 Å². The predicted octanol–water partition coefficient (Wildman–Crippen LogP) is 4.12. The molecule has 1 aromatic rings. The van der Waals surface area contributed by atoms with Crippen molar-refractivity contribution in [1.29, 1.82) is 0 Å². The Balaban J connectivity index is 2.20. The standard InChI is InChI=1S/C17H22Cl2O5S/c18-13-7-5-8-14(19)12(13)6-3-1-2-4-9-25-11-17(24,16(22)23)10-15(20)21/h5,7-8,24H,1-4,6,9-11H2,(H,20,21)(H,22,23)/t17-/m1/s1. The van der Waals surface area contributed by atoms with Crippen LogP contribution in [0.15, 0.2) is 18.2 Å². The first-order chi connectivity index (χ1) is 11.8. The molecule has 0 radical (unpaired) electrons. The van der Waals surface area contributed by atoms with Crippen LogP contribution >= 0.6 is 35.0 Å². The van der Waals surface area contributed by atoms with E-state index in [1.54, 1.807) is 0 Å². The summed E-state index contributed by atoms with van der Waals surface area (Å²) in [5.74, 6) is -2.30. The van der Waals surface area contributed by atoms with E-state index in [-0.39, 0.29) is 5.75 Å². The molecule has 1 rings (SSSR count). The maximum atomic E-state index is 11.0. The Hall–Kier alpha value is -0.950. The summed E-state index contributed by atoms with van der Waals surface area (Å²) in [6, 6.07) is 5.45. The molecule has 0 spiro atoms. The lowest BCUT2D eigenvalue weighted by molar-refractivity contribution is -0.162. The summed E-state index contributed by atoms with van der Waals surface area (Å²) in [5.41, 5.74) is -1.25. The van der Waals surface area contributed by atoms with E-state index in [0.717, 1.165) is 37.7 Å². The van der Waals surface area contributed by atoms with Gasteiger partial charge < -0.3 is 15.3 Å². The van der Waals surface area contributed by atoms with Crippen molar-refractivity contribution in [2.24, 2.45) is 0 Å². The summed E-state index contributed by atoms with van der Waals surface area (Å²) in [7, 11) is 0. The van der Waals surface area contributed by atoms with Gasteiger partial charge in [0.2, 0.25) is 0 Å². The molecular formula is C17H22Cl2O5S. The number of rotatable bonds is 12. The average Bonchev–Trinajstić information content (AvgIpc) is 2.51. The number of unbranched alkanes of at least 4 members (excludes halogenated alkanes) is 3. The minimum Gasteiger partial charge on any atom is -0.481 e. The quantitative estimate of drug-likeness (QED) is 0.450. The normalized spacial score (nSPS) is 13.4. The van der Waals surface area contributed by atoms with Gasteiger partial charge in [-0.15, -0.1) is 0 Å². The first-order valence-electron chi connectivity index (χ1n) is 7.94. The van der Waals surface area contributed by atoms with Crippen LogP contribution in [0.4, 0.5) is 0 Å². The van der Waals surface area contributed by atoms with Crippen LogP contribution in [0.25, 0.3) is 0 Å². The molecular weight excluding hydrogens is 387 g/mol. The lowest BCUT2D eigenvalue weighted by Gasteiger charge is -2.20. The molecule has 25 heavy (non-hydrogen) atoms. The fraction of sp³-hybridized carbons (Fsp3) is 0.529. The Morgan fingerprint density at radius 1 is 1.04 bits per heavy atom. The van der Waals surface area contributed by atoms with E-state index in [1.807, 2.05) is 18.2 Å². The van der Waals surface area contributed by atoms with Crippen molar-refractivity contribution in [1.82, 2.24) is 0 Å². The van der Waals surface area contributed by atoms with Gasteiger partial charge in [-0.3, -0.25) is 4.79 Å². The number of carboxylic acids is 2. The van der Waals surface area contributed by atoms with Gasteiger partial charge in [-0.1, -0.05) is 42.1 Å². The molecule has 0 unspecified atom stereocenters. The van der Waals surface area contributed by atoms with Crippen molar-refractivity contribution in [2.75, 3.05) is 11.5 Å². The number of halogens is 2. The first-order valence-corrected chi connectivity index (χ1v) is 9.85. The van der Waals surface area contributed by atoms with Crippen molar-refractivity contribution in [3.05, 3.63) is 33.8 Å². The molecule has 0 bridgehead atoms. The number of aliphatic carboxylic acids is 2. The molecule has 0 aromatic heterocycles. The van der Waals surface area contributed by atoms with Gasteiger partial charge in [0.15, 0.2) is 5.60 Å². The van der Waals surface area contributed by atoms with Crippen molar-refractivity contribution in [3.63, 3.8) is 0 Å². The highest BCUT2D eigenvalue weighted by Crippen LogP contribution is 2.26. The Kier molecular flexibility index (Phi) is 9.64. The zero-order valence-corrected chi connectivity index (χ0v) is 16.0. The van der Waals surface area contributed by atoms with Crippen molar-refractivity contribution < 1.29 is 24.9 Å². The van der Waals surface area contributed by atoms with Crippen molar-refractivity contribution in [3.8, 4) is 0 Å². The summed E-state index contributed by atoms with van der Waals surface area (Å²) in [4.78, 5) is 21.6. The second kappa shape index (κ2) is 10.9. The van der Waals surface area contributed by atoms with Crippen LogP contribution in [-0.2, 0) is 16.0 Å². The van der Waals surface area contributed by atoms with Gasteiger partial charge in [0.05, 0.1) is 6.42 Å². The fourth-order valence-corrected chi connectivity index (χ4v) is 4.01. The monoisotopic (exact) mass is 408 g/mol. The molecule has 0 saturated carbocycles. The molecule has 0 saturated heterocycles. The third-order valence-corrected chi connectivity index (χ3v) is 5.68. The van der Waals surface area contributed by atoms with Crippen molar-refractivity contribution in [2.45, 2.75) is 44.1 Å². The van der Waals surface area contributed by atoms with E-state index < -0.39 is 24.0 Å². The number of thioether (sulfide) groups is 1. The first kappa shape index (κ1) is 22.1. The second-order valence-electron chi connectivity index (χ2n) is 5.82. The molecule has 0 aliphatic rings. The van der Waals surface area contributed by atoms with Crippen LogP contribution in [0.5, 0.6) is 0 Å². The van der Waals surface area contributed by atoms with Crippen LogP contribution in [0.2, 0.25) is 10.0 Å². The number of aliphatic hydroxyl groups is 1. The van der Waals surface area contributed by atoms with Crippen LogP contribution in [-0.4, -0.2) is 44.4 Å². The lowest BCUT2D eigenvalue weighted by atomic mass is 10.0. The van der Waals surface area contributed by atoms with Crippen LogP contribution in [0.1, 0.15) is 37.7 Å². The molecule has 5 nitrogen and oxygen atoms in total. The molecule has 3 N–H and O–H groups in total. The molecule has 0 fully saturated rings. The maximum absolute atomic E-state index is 11.0. The zero-order chi connectivity index (χ0) is 18.9. The molecule has 140 valence electrons. The number of carbonyl (C=O) groups is 2. The third-order valence-electron chi connectivity index (χ3n) is 3.71. The SMILES string of the molecule is O=C(O)C[C@@](O)(CSCCCCCCc1c(Cl)cccc1Cl)C(=O)O. The predicted molar refractivity (Wildman–Crippen MR) is 101 cm³/mol. The van der Waals surface area contributed by atoms with Crippen LogP contribution in [0, 0.1) is 0 Å². The Morgan fingerprint density at radius 2 is 1.64 bits per heavy atom. The van der Waals surface area contributed by atoms with E-state index in [2.05, 4.69) is 0 Å². The van der Waals surface area contributed by atoms with E-state index in [4.69, 9.17) is 33.4 Å². The van der Waals surface area contributed by atoms with Crippen LogP contribution in [0.3, 0.4) is 0 Å². The fourth-order valence-electron chi connectivity index (χ4n) is 2.31. The highest BCUT2D eigenvalue weighted by atomic mass is 35.5. The number of carboxylic acid groups (broad SMARTS) is 2.